The van der Waals surface area contributed by atoms with Gasteiger partial charge in [0, 0.05) is 12.1 Å². The number of hydrogen-bond acceptors (Lipinski definition) is 4. The molecule has 7 heteroatoms. The molecule has 0 spiro atoms. The van der Waals surface area contributed by atoms with Crippen LogP contribution in [0.5, 0.6) is 0 Å². The van der Waals surface area contributed by atoms with E-state index in [0.717, 1.165) is 22.6 Å². The number of para-hydroxylation sites is 1. The Labute approximate surface area is 190 Å². The molecule has 0 aliphatic carbocycles. The van der Waals surface area contributed by atoms with Gasteiger partial charge in [0.15, 0.2) is 5.16 Å². The first-order chi connectivity index (χ1) is 15.5. The van der Waals surface area contributed by atoms with Crippen LogP contribution < -0.4 is 5.32 Å². The number of halogens is 1. The summed E-state index contributed by atoms with van der Waals surface area (Å²) in [7, 11) is 0. The molecule has 5 nitrogen and oxygen atoms in total. The second-order valence-corrected chi connectivity index (χ2v) is 8.42. The highest BCUT2D eigenvalue weighted by molar-refractivity contribution is 7.99. The molecule has 1 aromatic heterocycles. The van der Waals surface area contributed by atoms with Crippen LogP contribution in [-0.2, 0) is 11.2 Å². The second-order valence-electron chi connectivity index (χ2n) is 7.48. The van der Waals surface area contributed by atoms with Crippen LogP contribution in [0.25, 0.3) is 5.69 Å². The van der Waals surface area contributed by atoms with E-state index in [9.17, 15) is 9.18 Å². The van der Waals surface area contributed by atoms with E-state index >= 15 is 0 Å². The van der Waals surface area contributed by atoms with Crippen molar-refractivity contribution in [2.75, 3.05) is 11.1 Å². The average molecular weight is 447 g/mol. The molecule has 1 N–H and O–H groups in total. The molecule has 0 radical (unpaired) electrons. The van der Waals surface area contributed by atoms with E-state index in [4.69, 9.17) is 0 Å². The summed E-state index contributed by atoms with van der Waals surface area (Å²) in [4.78, 5) is 12.4. The zero-order valence-corrected chi connectivity index (χ0v) is 18.7. The minimum Gasteiger partial charge on any atom is -0.323 e. The van der Waals surface area contributed by atoms with Gasteiger partial charge in [-0.15, -0.1) is 10.2 Å². The molecule has 3 aromatic carbocycles. The SMILES string of the molecule is Cc1ccc(-n2c(Cc3ccccc3)nnc2SCC(=O)Nc2ccccc2F)cc1C. The Kier molecular flexibility index (Phi) is 6.66. The Morgan fingerprint density at radius 3 is 2.47 bits per heavy atom. The summed E-state index contributed by atoms with van der Waals surface area (Å²) >= 11 is 1.27. The standard InChI is InChI=1S/C25H23FN4OS/c1-17-12-13-20(14-18(17)2)30-23(15-19-8-4-3-5-9-19)28-29-25(30)32-16-24(31)27-22-11-7-6-10-21(22)26/h3-14H,15-16H2,1-2H3,(H,27,31). The molecule has 1 heterocycles. The van der Waals surface area contributed by atoms with Gasteiger partial charge in [-0.1, -0.05) is 60.3 Å². The molecule has 1 amide bonds. The van der Waals surface area contributed by atoms with Crippen molar-refractivity contribution in [3.8, 4) is 5.69 Å². The number of anilines is 1. The smallest absolute Gasteiger partial charge is 0.234 e. The third-order valence-corrected chi connectivity index (χ3v) is 6.06. The summed E-state index contributed by atoms with van der Waals surface area (Å²) in [6.07, 6.45) is 0.614. The van der Waals surface area contributed by atoms with Crippen LogP contribution in [0.2, 0.25) is 0 Å². The zero-order chi connectivity index (χ0) is 22.5. The Hall–Kier alpha value is -3.45. The summed E-state index contributed by atoms with van der Waals surface area (Å²) < 4.78 is 15.8. The van der Waals surface area contributed by atoms with E-state index in [1.807, 2.05) is 41.0 Å². The van der Waals surface area contributed by atoms with Gasteiger partial charge in [0.1, 0.15) is 11.6 Å². The minimum absolute atomic E-state index is 0.0860. The highest BCUT2D eigenvalue weighted by Crippen LogP contribution is 2.25. The molecular weight excluding hydrogens is 423 g/mol. The molecule has 4 aromatic rings. The number of nitrogens with one attached hydrogen (secondary N) is 1. The number of nitrogens with zero attached hydrogens (tertiary/aromatic N) is 3. The number of carbonyl (C=O) groups is 1. The van der Waals surface area contributed by atoms with E-state index in [0.29, 0.717) is 11.6 Å². The van der Waals surface area contributed by atoms with Gasteiger partial charge in [-0.2, -0.15) is 0 Å². The first kappa shape index (κ1) is 21.8. The molecule has 0 saturated carbocycles. The predicted molar refractivity (Wildman–Crippen MR) is 126 cm³/mol. The number of benzene rings is 3. The number of thioether (sulfide) groups is 1. The number of aryl methyl sites for hydroxylation is 2. The number of amides is 1. The molecule has 0 aliphatic heterocycles. The second kappa shape index (κ2) is 9.78. The quantitative estimate of drug-likeness (QED) is 0.389. The van der Waals surface area contributed by atoms with Crippen LogP contribution in [-0.4, -0.2) is 26.4 Å². The summed E-state index contributed by atoms with van der Waals surface area (Å²) in [6, 6.07) is 22.4. The molecule has 32 heavy (non-hydrogen) atoms. The largest absolute Gasteiger partial charge is 0.323 e. The fourth-order valence-corrected chi connectivity index (χ4v) is 4.06. The van der Waals surface area contributed by atoms with Gasteiger partial charge >= 0.3 is 0 Å². The molecular formula is C25H23FN4OS. The first-order valence-electron chi connectivity index (χ1n) is 10.2. The van der Waals surface area contributed by atoms with Crippen molar-refractivity contribution in [3.63, 3.8) is 0 Å². The summed E-state index contributed by atoms with van der Waals surface area (Å²) in [6.45, 7) is 4.13. The highest BCUT2D eigenvalue weighted by Gasteiger charge is 2.17. The molecule has 4 rings (SSSR count). The monoisotopic (exact) mass is 446 g/mol. The van der Waals surface area contributed by atoms with Crippen molar-refractivity contribution in [1.29, 1.82) is 0 Å². The number of carbonyl (C=O) groups excluding carboxylic acids is 1. The lowest BCUT2D eigenvalue weighted by Gasteiger charge is -2.12. The Bertz CT molecular complexity index is 1240. The number of aromatic nitrogens is 3. The molecule has 0 saturated heterocycles. The molecule has 0 aliphatic rings. The maximum atomic E-state index is 13.8. The molecule has 0 atom stereocenters. The predicted octanol–water partition coefficient (Wildman–Crippen LogP) is 5.34. The van der Waals surface area contributed by atoms with Crippen LogP contribution in [0.3, 0.4) is 0 Å². The van der Waals surface area contributed by atoms with Crippen molar-refractivity contribution < 1.29 is 9.18 Å². The van der Waals surface area contributed by atoms with E-state index in [2.05, 4.69) is 41.5 Å². The number of hydrogen-bond donors (Lipinski definition) is 1. The van der Waals surface area contributed by atoms with Crippen molar-refractivity contribution in [2.45, 2.75) is 25.4 Å². The maximum absolute atomic E-state index is 13.8. The van der Waals surface area contributed by atoms with Crippen LogP contribution in [0, 0.1) is 19.7 Å². The van der Waals surface area contributed by atoms with Gasteiger partial charge in [0.05, 0.1) is 11.4 Å². The van der Waals surface area contributed by atoms with Crippen molar-refractivity contribution in [1.82, 2.24) is 14.8 Å². The topological polar surface area (TPSA) is 59.8 Å². The molecule has 0 unspecified atom stereocenters. The number of rotatable bonds is 7. The zero-order valence-electron chi connectivity index (χ0n) is 17.9. The van der Waals surface area contributed by atoms with Gasteiger partial charge in [0.25, 0.3) is 0 Å². The molecule has 0 fully saturated rings. The third kappa shape index (κ3) is 5.06. The lowest BCUT2D eigenvalue weighted by atomic mass is 10.1. The van der Waals surface area contributed by atoms with Gasteiger partial charge in [-0.05, 0) is 54.8 Å². The fraction of sp³-hybridized carbons (Fsp3) is 0.160. The molecule has 0 bridgehead atoms. The lowest BCUT2D eigenvalue weighted by Crippen LogP contribution is -2.15. The van der Waals surface area contributed by atoms with E-state index in [-0.39, 0.29) is 17.3 Å². The van der Waals surface area contributed by atoms with Crippen LogP contribution in [0.15, 0.2) is 78.0 Å². The Morgan fingerprint density at radius 2 is 1.72 bits per heavy atom. The molecule has 162 valence electrons. The maximum Gasteiger partial charge on any atom is 0.234 e. The summed E-state index contributed by atoms with van der Waals surface area (Å²) in [5.74, 6) is 0.105. The lowest BCUT2D eigenvalue weighted by molar-refractivity contribution is -0.113. The van der Waals surface area contributed by atoms with Crippen LogP contribution >= 0.6 is 11.8 Å². The van der Waals surface area contributed by atoms with Crippen LogP contribution in [0.1, 0.15) is 22.5 Å². The third-order valence-electron chi connectivity index (χ3n) is 5.13. The Morgan fingerprint density at radius 1 is 0.969 bits per heavy atom. The average Bonchev–Trinajstić information content (AvgIpc) is 3.19. The van der Waals surface area contributed by atoms with E-state index in [1.54, 1.807) is 12.1 Å². The minimum atomic E-state index is -0.464. The highest BCUT2D eigenvalue weighted by atomic mass is 32.2. The fourth-order valence-electron chi connectivity index (χ4n) is 3.29. The van der Waals surface area contributed by atoms with Gasteiger partial charge in [-0.3, -0.25) is 9.36 Å². The summed E-state index contributed by atoms with van der Waals surface area (Å²) in [5, 5.41) is 12.0. The summed E-state index contributed by atoms with van der Waals surface area (Å²) in [5.41, 5.74) is 4.60. The first-order valence-corrected chi connectivity index (χ1v) is 11.2. The van der Waals surface area contributed by atoms with Gasteiger partial charge in [0.2, 0.25) is 5.91 Å². The van der Waals surface area contributed by atoms with Crippen molar-refractivity contribution in [3.05, 3.63) is 101 Å². The van der Waals surface area contributed by atoms with E-state index in [1.165, 1.54) is 29.5 Å². The van der Waals surface area contributed by atoms with Crippen molar-refractivity contribution in [2.24, 2.45) is 0 Å². The van der Waals surface area contributed by atoms with Crippen molar-refractivity contribution >= 4 is 23.4 Å². The Balaban J connectivity index is 1.59. The van der Waals surface area contributed by atoms with E-state index < -0.39 is 5.82 Å². The van der Waals surface area contributed by atoms with Crippen LogP contribution in [0.4, 0.5) is 10.1 Å². The van der Waals surface area contributed by atoms with Gasteiger partial charge in [-0.25, -0.2) is 4.39 Å². The van der Waals surface area contributed by atoms with Gasteiger partial charge < -0.3 is 5.32 Å². The normalized spacial score (nSPS) is 10.8.